The average Bonchev–Trinajstić information content (AvgIpc) is 2.06. The lowest BCUT2D eigenvalue weighted by Crippen LogP contribution is -1.90. The van der Waals surface area contributed by atoms with Crippen molar-refractivity contribution < 1.29 is 0 Å². The highest BCUT2D eigenvalue weighted by Gasteiger charge is 2.08. The second-order valence-electron chi connectivity index (χ2n) is 3.14. The van der Waals surface area contributed by atoms with Crippen LogP contribution in [0.1, 0.15) is 19.4 Å². The molecule has 1 rings (SSSR count). The van der Waals surface area contributed by atoms with Crippen LogP contribution in [0.5, 0.6) is 0 Å². The Morgan fingerprint density at radius 3 is 2.33 bits per heavy atom. The zero-order valence-corrected chi connectivity index (χ0v) is 9.15. The number of benzene rings is 1. The van der Waals surface area contributed by atoms with Gasteiger partial charge in [-0.15, -0.1) is 0 Å². The summed E-state index contributed by atoms with van der Waals surface area (Å²) in [4.78, 5) is 0. The molecule has 0 nitrogen and oxygen atoms in total. The summed E-state index contributed by atoms with van der Waals surface area (Å²) in [6.45, 7) is 4.36. The quantitative estimate of drug-likeness (QED) is 0.641. The first-order chi connectivity index (χ1) is 5.70. The van der Waals surface area contributed by atoms with E-state index in [0.29, 0.717) is 5.66 Å². The Labute approximate surface area is 80.5 Å². The fraction of sp³-hybridized carbons (Fsp3) is 0.400. The van der Waals surface area contributed by atoms with Gasteiger partial charge in [0.1, 0.15) is 0 Å². The lowest BCUT2D eigenvalue weighted by Gasteiger charge is -2.12. The molecule has 0 bridgehead atoms. The first-order valence-electron chi connectivity index (χ1n) is 4.16. The lowest BCUT2D eigenvalue weighted by molar-refractivity contribution is 1.09. The SMILES string of the molecule is CC(C)P(Cl)Cc1ccccc1. The summed E-state index contributed by atoms with van der Waals surface area (Å²) in [6.07, 6.45) is 1.04. The maximum absolute atomic E-state index is 6.22. The van der Waals surface area contributed by atoms with E-state index in [1.54, 1.807) is 0 Å². The first-order valence-corrected chi connectivity index (χ1v) is 6.66. The topological polar surface area (TPSA) is 0 Å². The summed E-state index contributed by atoms with van der Waals surface area (Å²) >= 11 is 6.22. The molecule has 2 heteroatoms. The van der Waals surface area contributed by atoms with E-state index in [9.17, 15) is 0 Å². The molecule has 0 aliphatic carbocycles. The molecule has 1 atom stereocenters. The molecule has 1 unspecified atom stereocenters. The van der Waals surface area contributed by atoms with Gasteiger partial charge in [0.25, 0.3) is 0 Å². The van der Waals surface area contributed by atoms with Crippen molar-refractivity contribution in [2.75, 3.05) is 0 Å². The molecule has 0 spiro atoms. The van der Waals surface area contributed by atoms with E-state index in [1.807, 2.05) is 6.07 Å². The van der Waals surface area contributed by atoms with Crippen LogP contribution >= 0.6 is 18.5 Å². The maximum atomic E-state index is 6.22. The van der Waals surface area contributed by atoms with Gasteiger partial charge in [-0.1, -0.05) is 55.4 Å². The summed E-state index contributed by atoms with van der Waals surface area (Å²) in [5, 5.41) is 0. The van der Waals surface area contributed by atoms with Crippen LogP contribution in [0, 0.1) is 0 Å². The van der Waals surface area contributed by atoms with Crippen molar-refractivity contribution in [3.63, 3.8) is 0 Å². The Balaban J connectivity index is 2.53. The largest absolute Gasteiger partial charge is 0.0958 e. The molecule has 1 aromatic carbocycles. The van der Waals surface area contributed by atoms with Gasteiger partial charge >= 0.3 is 0 Å². The Hall–Kier alpha value is -0.0600. The Morgan fingerprint density at radius 1 is 1.25 bits per heavy atom. The van der Waals surface area contributed by atoms with Gasteiger partial charge in [-0.3, -0.25) is 0 Å². The molecule has 0 radical (unpaired) electrons. The molecule has 0 aliphatic rings. The standard InChI is InChI=1S/C10H14ClP/c1-9(2)12(11)8-10-6-4-3-5-7-10/h3-7,9H,8H2,1-2H3. The minimum atomic E-state index is -0.344. The van der Waals surface area contributed by atoms with Crippen LogP contribution in [-0.4, -0.2) is 5.66 Å². The minimum Gasteiger partial charge on any atom is -0.0958 e. The zero-order chi connectivity index (χ0) is 8.97. The fourth-order valence-corrected chi connectivity index (χ4v) is 2.28. The maximum Gasteiger partial charge on any atom is 0.00682 e. The summed E-state index contributed by atoms with van der Waals surface area (Å²) in [7, 11) is -0.344. The molecule has 0 fully saturated rings. The van der Waals surface area contributed by atoms with Crippen LogP contribution < -0.4 is 0 Å². The number of hydrogen-bond acceptors (Lipinski definition) is 0. The van der Waals surface area contributed by atoms with E-state index in [2.05, 4.69) is 38.1 Å². The Morgan fingerprint density at radius 2 is 1.83 bits per heavy atom. The van der Waals surface area contributed by atoms with Crippen molar-refractivity contribution in [2.24, 2.45) is 0 Å². The molecule has 0 saturated carbocycles. The smallest absolute Gasteiger partial charge is 0.00682 e. The van der Waals surface area contributed by atoms with Crippen molar-refractivity contribution >= 4 is 18.5 Å². The second-order valence-corrected chi connectivity index (χ2v) is 6.59. The average molecular weight is 201 g/mol. The van der Waals surface area contributed by atoms with Crippen LogP contribution in [-0.2, 0) is 6.16 Å². The van der Waals surface area contributed by atoms with Gasteiger partial charge in [-0.05, 0) is 18.5 Å². The van der Waals surface area contributed by atoms with Crippen LogP contribution in [0.3, 0.4) is 0 Å². The fourth-order valence-electron chi connectivity index (χ4n) is 0.940. The molecule has 0 heterocycles. The third-order valence-electron chi connectivity index (χ3n) is 1.74. The highest BCUT2D eigenvalue weighted by atomic mass is 35.7. The van der Waals surface area contributed by atoms with Crippen LogP contribution in [0.15, 0.2) is 30.3 Å². The molecule has 0 aromatic heterocycles. The van der Waals surface area contributed by atoms with Crippen LogP contribution in [0.4, 0.5) is 0 Å². The molecular weight excluding hydrogens is 187 g/mol. The molecule has 1 aromatic rings. The minimum absolute atomic E-state index is 0.344. The number of hydrogen-bond donors (Lipinski definition) is 0. The van der Waals surface area contributed by atoms with Crippen molar-refractivity contribution in [1.82, 2.24) is 0 Å². The molecule has 0 N–H and O–H groups in total. The molecule has 0 aliphatic heterocycles. The third-order valence-corrected chi connectivity index (χ3v) is 5.05. The van der Waals surface area contributed by atoms with Gasteiger partial charge in [-0.25, -0.2) is 0 Å². The summed E-state index contributed by atoms with van der Waals surface area (Å²) in [5.74, 6) is 0. The highest BCUT2D eigenvalue weighted by molar-refractivity contribution is 7.83. The molecule has 66 valence electrons. The molecule has 0 amide bonds. The van der Waals surface area contributed by atoms with Gasteiger partial charge in [-0.2, -0.15) is 0 Å². The van der Waals surface area contributed by atoms with E-state index >= 15 is 0 Å². The van der Waals surface area contributed by atoms with Crippen molar-refractivity contribution in [3.8, 4) is 0 Å². The molecule has 0 saturated heterocycles. The van der Waals surface area contributed by atoms with E-state index in [4.69, 9.17) is 11.2 Å². The lowest BCUT2D eigenvalue weighted by atomic mass is 10.2. The van der Waals surface area contributed by atoms with Crippen molar-refractivity contribution in [2.45, 2.75) is 25.7 Å². The van der Waals surface area contributed by atoms with Crippen LogP contribution in [0.25, 0.3) is 0 Å². The van der Waals surface area contributed by atoms with E-state index in [0.717, 1.165) is 6.16 Å². The second kappa shape index (κ2) is 4.84. The predicted octanol–water partition coefficient (Wildman–Crippen LogP) is 4.23. The van der Waals surface area contributed by atoms with E-state index < -0.39 is 0 Å². The summed E-state index contributed by atoms with van der Waals surface area (Å²) < 4.78 is 0. The Kier molecular flexibility index (Phi) is 4.05. The van der Waals surface area contributed by atoms with Crippen molar-refractivity contribution in [1.29, 1.82) is 0 Å². The van der Waals surface area contributed by atoms with Gasteiger partial charge < -0.3 is 0 Å². The normalized spacial score (nSPS) is 13.3. The van der Waals surface area contributed by atoms with Crippen LogP contribution in [0.2, 0.25) is 0 Å². The predicted molar refractivity (Wildman–Crippen MR) is 58.1 cm³/mol. The van der Waals surface area contributed by atoms with Gasteiger partial charge in [0, 0.05) is 6.16 Å². The first kappa shape index (κ1) is 10.0. The number of rotatable bonds is 3. The zero-order valence-electron chi connectivity index (χ0n) is 7.50. The monoisotopic (exact) mass is 200 g/mol. The molecule has 12 heavy (non-hydrogen) atoms. The van der Waals surface area contributed by atoms with Gasteiger partial charge in [0.05, 0.1) is 0 Å². The number of halogens is 1. The van der Waals surface area contributed by atoms with E-state index in [1.165, 1.54) is 5.56 Å². The molecular formula is C10H14ClP. The van der Waals surface area contributed by atoms with Crippen molar-refractivity contribution in [3.05, 3.63) is 35.9 Å². The third kappa shape index (κ3) is 3.13. The summed E-state index contributed by atoms with van der Waals surface area (Å²) in [6, 6.07) is 10.4. The van der Waals surface area contributed by atoms with Gasteiger partial charge in [0.15, 0.2) is 0 Å². The highest BCUT2D eigenvalue weighted by Crippen LogP contribution is 2.49. The Bertz CT molecular complexity index is 221. The van der Waals surface area contributed by atoms with E-state index in [-0.39, 0.29) is 7.27 Å². The van der Waals surface area contributed by atoms with Gasteiger partial charge in [0.2, 0.25) is 0 Å². The summed E-state index contributed by atoms with van der Waals surface area (Å²) in [5.41, 5.74) is 1.97.